The van der Waals surface area contributed by atoms with Crippen LogP contribution in [0.1, 0.15) is 24.8 Å². The van der Waals surface area contributed by atoms with E-state index in [1.54, 1.807) is 23.7 Å². The van der Waals surface area contributed by atoms with Crippen molar-refractivity contribution in [1.82, 2.24) is 9.97 Å². The lowest BCUT2D eigenvalue weighted by Crippen LogP contribution is -2.15. The number of hydrogen-bond donors (Lipinski definition) is 1. The van der Waals surface area contributed by atoms with E-state index in [0.29, 0.717) is 12.0 Å². The Morgan fingerprint density at radius 1 is 1.05 bits per heavy atom. The molecule has 20 heavy (non-hydrogen) atoms. The number of anilines is 1. The molecule has 0 bridgehead atoms. The van der Waals surface area contributed by atoms with E-state index >= 15 is 0 Å². The zero-order valence-corrected chi connectivity index (χ0v) is 12.4. The van der Waals surface area contributed by atoms with Gasteiger partial charge in [-0.1, -0.05) is 19.9 Å². The first kappa shape index (κ1) is 13.1. The van der Waals surface area contributed by atoms with Crippen molar-refractivity contribution in [1.29, 1.82) is 0 Å². The van der Waals surface area contributed by atoms with E-state index in [9.17, 15) is 0 Å². The SMILES string of the molecule is CC(C)C(Nc1ccc2nccnc2c1)c1cccs1. The van der Waals surface area contributed by atoms with Crippen LogP contribution in [0.3, 0.4) is 0 Å². The zero-order chi connectivity index (χ0) is 13.9. The van der Waals surface area contributed by atoms with E-state index in [-0.39, 0.29) is 0 Å². The van der Waals surface area contributed by atoms with E-state index in [0.717, 1.165) is 16.7 Å². The van der Waals surface area contributed by atoms with Gasteiger partial charge >= 0.3 is 0 Å². The molecule has 2 aromatic heterocycles. The fraction of sp³-hybridized carbons (Fsp3) is 0.250. The molecule has 1 unspecified atom stereocenters. The van der Waals surface area contributed by atoms with Gasteiger partial charge < -0.3 is 5.32 Å². The van der Waals surface area contributed by atoms with Gasteiger partial charge in [-0.05, 0) is 35.6 Å². The van der Waals surface area contributed by atoms with Crippen LogP contribution < -0.4 is 5.32 Å². The maximum atomic E-state index is 4.36. The monoisotopic (exact) mass is 283 g/mol. The number of rotatable bonds is 4. The van der Waals surface area contributed by atoms with Crippen LogP contribution in [0.15, 0.2) is 48.1 Å². The van der Waals surface area contributed by atoms with Gasteiger partial charge in [0.2, 0.25) is 0 Å². The summed E-state index contributed by atoms with van der Waals surface area (Å²) in [7, 11) is 0. The summed E-state index contributed by atoms with van der Waals surface area (Å²) in [6.07, 6.45) is 3.45. The third-order valence-corrected chi connectivity index (χ3v) is 4.26. The number of fused-ring (bicyclic) bond motifs is 1. The number of aromatic nitrogens is 2. The molecule has 102 valence electrons. The van der Waals surface area contributed by atoms with Crippen LogP contribution in [-0.4, -0.2) is 9.97 Å². The standard InChI is InChI=1S/C16H17N3S/c1-11(2)16(15-4-3-9-20-15)19-12-5-6-13-14(10-12)18-8-7-17-13/h3-11,16,19H,1-2H3. The summed E-state index contributed by atoms with van der Waals surface area (Å²) in [4.78, 5) is 10.0. The van der Waals surface area contributed by atoms with Crippen LogP contribution in [0, 0.1) is 5.92 Å². The molecule has 3 aromatic rings. The summed E-state index contributed by atoms with van der Waals surface area (Å²) in [6.45, 7) is 4.47. The molecule has 0 radical (unpaired) electrons. The predicted molar refractivity (Wildman–Crippen MR) is 85.1 cm³/mol. The lowest BCUT2D eigenvalue weighted by molar-refractivity contribution is 0.554. The van der Waals surface area contributed by atoms with Gasteiger partial charge in [-0.25, -0.2) is 0 Å². The summed E-state index contributed by atoms with van der Waals surface area (Å²) in [5, 5.41) is 5.74. The Kier molecular flexibility index (Phi) is 3.65. The van der Waals surface area contributed by atoms with Crippen LogP contribution in [0.25, 0.3) is 11.0 Å². The van der Waals surface area contributed by atoms with Crippen molar-refractivity contribution in [2.75, 3.05) is 5.32 Å². The summed E-state index contributed by atoms with van der Waals surface area (Å²) in [6, 6.07) is 10.7. The third-order valence-electron chi connectivity index (χ3n) is 3.31. The first-order valence-electron chi connectivity index (χ1n) is 6.75. The molecule has 1 atom stereocenters. The lowest BCUT2D eigenvalue weighted by Gasteiger charge is -2.22. The van der Waals surface area contributed by atoms with Crippen molar-refractivity contribution in [3.63, 3.8) is 0 Å². The first-order valence-corrected chi connectivity index (χ1v) is 7.63. The Labute approximate surface area is 122 Å². The van der Waals surface area contributed by atoms with Crippen LogP contribution in [0.5, 0.6) is 0 Å². The van der Waals surface area contributed by atoms with Crippen molar-refractivity contribution >= 4 is 28.1 Å². The second-order valence-corrected chi connectivity index (χ2v) is 6.12. The maximum Gasteiger partial charge on any atom is 0.0907 e. The minimum atomic E-state index is 0.323. The van der Waals surface area contributed by atoms with Crippen molar-refractivity contribution in [3.05, 3.63) is 53.0 Å². The molecule has 0 saturated carbocycles. The van der Waals surface area contributed by atoms with Gasteiger partial charge in [-0.3, -0.25) is 9.97 Å². The van der Waals surface area contributed by atoms with Gasteiger partial charge in [0, 0.05) is 23.0 Å². The quantitative estimate of drug-likeness (QED) is 0.766. The van der Waals surface area contributed by atoms with E-state index in [4.69, 9.17) is 0 Å². The van der Waals surface area contributed by atoms with Crippen molar-refractivity contribution in [2.45, 2.75) is 19.9 Å². The molecule has 2 heterocycles. The van der Waals surface area contributed by atoms with Crippen LogP contribution in [0.4, 0.5) is 5.69 Å². The number of nitrogens with zero attached hydrogens (tertiary/aromatic N) is 2. The average Bonchev–Trinajstić information content (AvgIpc) is 2.98. The molecule has 0 spiro atoms. The first-order chi connectivity index (χ1) is 9.74. The minimum Gasteiger partial charge on any atom is -0.377 e. The summed E-state index contributed by atoms with van der Waals surface area (Å²) < 4.78 is 0. The molecule has 4 heteroatoms. The molecule has 0 aliphatic carbocycles. The number of thiophene rings is 1. The molecule has 1 aromatic carbocycles. The normalized spacial score (nSPS) is 12.8. The second kappa shape index (κ2) is 5.59. The Morgan fingerprint density at radius 2 is 1.85 bits per heavy atom. The molecule has 3 nitrogen and oxygen atoms in total. The molecule has 0 aliphatic rings. The highest BCUT2D eigenvalue weighted by Crippen LogP contribution is 2.30. The van der Waals surface area contributed by atoms with E-state index in [2.05, 4.69) is 58.8 Å². The maximum absolute atomic E-state index is 4.36. The van der Waals surface area contributed by atoms with Gasteiger partial charge in [-0.15, -0.1) is 11.3 Å². The van der Waals surface area contributed by atoms with Crippen LogP contribution in [-0.2, 0) is 0 Å². The molecule has 3 rings (SSSR count). The molecular formula is C16H17N3S. The minimum absolute atomic E-state index is 0.323. The smallest absolute Gasteiger partial charge is 0.0907 e. The van der Waals surface area contributed by atoms with Gasteiger partial charge in [0.05, 0.1) is 17.1 Å². The Balaban J connectivity index is 1.90. The number of hydrogen-bond acceptors (Lipinski definition) is 4. The highest BCUT2D eigenvalue weighted by Gasteiger charge is 2.16. The zero-order valence-electron chi connectivity index (χ0n) is 11.6. The van der Waals surface area contributed by atoms with Gasteiger partial charge in [0.25, 0.3) is 0 Å². The fourth-order valence-corrected chi connectivity index (χ4v) is 3.22. The second-order valence-electron chi connectivity index (χ2n) is 5.14. The Bertz CT molecular complexity index is 692. The fourth-order valence-electron chi connectivity index (χ4n) is 2.27. The van der Waals surface area contributed by atoms with Crippen LogP contribution >= 0.6 is 11.3 Å². The van der Waals surface area contributed by atoms with Crippen LogP contribution in [0.2, 0.25) is 0 Å². The third kappa shape index (κ3) is 2.65. The van der Waals surface area contributed by atoms with E-state index in [1.807, 2.05) is 6.07 Å². The molecular weight excluding hydrogens is 266 g/mol. The summed E-state index contributed by atoms with van der Waals surface area (Å²) in [5.41, 5.74) is 2.94. The van der Waals surface area contributed by atoms with Gasteiger partial charge in [0.15, 0.2) is 0 Å². The highest BCUT2D eigenvalue weighted by atomic mass is 32.1. The Hall–Kier alpha value is -1.94. The molecule has 0 amide bonds. The lowest BCUT2D eigenvalue weighted by atomic mass is 10.0. The molecule has 0 fully saturated rings. The van der Waals surface area contributed by atoms with Crippen molar-refractivity contribution in [3.8, 4) is 0 Å². The van der Waals surface area contributed by atoms with Gasteiger partial charge in [0.1, 0.15) is 0 Å². The van der Waals surface area contributed by atoms with Crippen molar-refractivity contribution < 1.29 is 0 Å². The number of nitrogens with one attached hydrogen (secondary N) is 1. The molecule has 0 saturated heterocycles. The van der Waals surface area contributed by atoms with E-state index < -0.39 is 0 Å². The van der Waals surface area contributed by atoms with E-state index in [1.165, 1.54) is 4.88 Å². The molecule has 0 aliphatic heterocycles. The van der Waals surface area contributed by atoms with Gasteiger partial charge in [-0.2, -0.15) is 0 Å². The summed E-state index contributed by atoms with van der Waals surface area (Å²) in [5.74, 6) is 0.520. The number of benzene rings is 1. The van der Waals surface area contributed by atoms with Crippen molar-refractivity contribution in [2.24, 2.45) is 5.92 Å². The molecule has 1 N–H and O–H groups in total. The highest BCUT2D eigenvalue weighted by molar-refractivity contribution is 7.10. The average molecular weight is 283 g/mol. The largest absolute Gasteiger partial charge is 0.377 e. The topological polar surface area (TPSA) is 37.8 Å². The summed E-state index contributed by atoms with van der Waals surface area (Å²) >= 11 is 1.79. The predicted octanol–water partition coefficient (Wildman–Crippen LogP) is 4.50. The Morgan fingerprint density at radius 3 is 2.55 bits per heavy atom.